The summed E-state index contributed by atoms with van der Waals surface area (Å²) in [7, 11) is 0. The van der Waals surface area contributed by atoms with Crippen LogP contribution in [0.15, 0.2) is 18.5 Å². The first-order valence-corrected chi connectivity index (χ1v) is 9.48. The van der Waals surface area contributed by atoms with Gasteiger partial charge >= 0.3 is 6.03 Å². The molecular formula is C18H30N4O2. The molecule has 2 N–H and O–H groups in total. The van der Waals surface area contributed by atoms with Crippen molar-refractivity contribution < 1.29 is 9.53 Å². The lowest BCUT2D eigenvalue weighted by molar-refractivity contribution is 0.0103. The van der Waals surface area contributed by atoms with Crippen LogP contribution in [0.25, 0.3) is 0 Å². The van der Waals surface area contributed by atoms with Gasteiger partial charge < -0.3 is 15.4 Å². The Hall–Kier alpha value is -1.56. The standard InChI is InChI=1S/C18H30N4O2/c23-18(19-11-5-8-15-7-3-4-14-24-15)21-16-9-1-2-10-17(16)22-13-6-12-20-22/h6,12-13,15-17H,1-5,7-11,14H2,(H2,19,21,23). The maximum Gasteiger partial charge on any atom is 0.315 e. The third-order valence-electron chi connectivity index (χ3n) is 5.17. The SMILES string of the molecule is O=C(NCCCC1CCCCO1)NC1CCCCC1n1cccn1. The van der Waals surface area contributed by atoms with E-state index in [1.165, 1.54) is 32.1 Å². The first-order chi connectivity index (χ1) is 11.8. The summed E-state index contributed by atoms with van der Waals surface area (Å²) < 4.78 is 7.71. The summed E-state index contributed by atoms with van der Waals surface area (Å²) in [6.07, 6.45) is 14.3. The van der Waals surface area contributed by atoms with E-state index in [9.17, 15) is 4.79 Å². The Kier molecular flexibility index (Phi) is 6.52. The molecule has 1 saturated heterocycles. The zero-order chi connectivity index (χ0) is 16.6. The van der Waals surface area contributed by atoms with Crippen LogP contribution in [-0.4, -0.2) is 41.1 Å². The number of urea groups is 1. The predicted molar refractivity (Wildman–Crippen MR) is 92.9 cm³/mol. The normalized spacial score (nSPS) is 27.6. The quantitative estimate of drug-likeness (QED) is 0.786. The fourth-order valence-electron chi connectivity index (χ4n) is 3.86. The van der Waals surface area contributed by atoms with Crippen molar-refractivity contribution >= 4 is 6.03 Å². The van der Waals surface area contributed by atoms with Gasteiger partial charge in [0.1, 0.15) is 0 Å². The third kappa shape index (κ3) is 4.97. The van der Waals surface area contributed by atoms with E-state index < -0.39 is 0 Å². The molecule has 2 fully saturated rings. The van der Waals surface area contributed by atoms with Gasteiger partial charge in [0.2, 0.25) is 0 Å². The molecule has 2 amide bonds. The summed E-state index contributed by atoms with van der Waals surface area (Å²) in [6.45, 7) is 1.61. The lowest BCUT2D eigenvalue weighted by atomic mass is 9.90. The highest BCUT2D eigenvalue weighted by molar-refractivity contribution is 5.74. The maximum absolute atomic E-state index is 12.2. The lowest BCUT2D eigenvalue weighted by Crippen LogP contribution is -2.47. The van der Waals surface area contributed by atoms with Crippen molar-refractivity contribution in [2.45, 2.75) is 76.0 Å². The smallest absolute Gasteiger partial charge is 0.315 e. The minimum atomic E-state index is -0.0522. The molecule has 3 atom stereocenters. The van der Waals surface area contributed by atoms with Crippen molar-refractivity contribution in [3.63, 3.8) is 0 Å². The number of ether oxygens (including phenoxy) is 1. The average molecular weight is 334 g/mol. The second-order valence-corrected chi connectivity index (χ2v) is 6.98. The molecule has 1 aromatic heterocycles. The second-order valence-electron chi connectivity index (χ2n) is 6.98. The molecule has 3 unspecified atom stereocenters. The van der Waals surface area contributed by atoms with Crippen molar-refractivity contribution in [1.29, 1.82) is 0 Å². The molecule has 1 aromatic rings. The molecule has 3 rings (SSSR count). The molecule has 2 aliphatic rings. The second kappa shape index (κ2) is 9.06. The zero-order valence-corrected chi connectivity index (χ0v) is 14.5. The summed E-state index contributed by atoms with van der Waals surface area (Å²) in [5, 5.41) is 10.5. The van der Waals surface area contributed by atoms with E-state index in [0.29, 0.717) is 12.6 Å². The molecule has 0 bridgehead atoms. The average Bonchev–Trinajstić information content (AvgIpc) is 3.15. The summed E-state index contributed by atoms with van der Waals surface area (Å²) in [6, 6.07) is 2.33. The Labute approximate surface area is 144 Å². The van der Waals surface area contributed by atoms with Crippen molar-refractivity contribution in [2.24, 2.45) is 0 Å². The highest BCUT2D eigenvalue weighted by atomic mass is 16.5. The molecular weight excluding hydrogens is 304 g/mol. The van der Waals surface area contributed by atoms with Gasteiger partial charge in [-0.3, -0.25) is 4.68 Å². The van der Waals surface area contributed by atoms with Crippen LogP contribution >= 0.6 is 0 Å². The molecule has 6 nitrogen and oxygen atoms in total. The number of aromatic nitrogens is 2. The van der Waals surface area contributed by atoms with Crippen LogP contribution in [0.5, 0.6) is 0 Å². The third-order valence-corrected chi connectivity index (χ3v) is 5.17. The number of carbonyl (C=O) groups is 1. The van der Waals surface area contributed by atoms with E-state index in [1.54, 1.807) is 6.20 Å². The summed E-state index contributed by atoms with van der Waals surface area (Å²) in [5.74, 6) is 0. The van der Waals surface area contributed by atoms with Crippen LogP contribution < -0.4 is 10.6 Å². The molecule has 1 aliphatic carbocycles. The monoisotopic (exact) mass is 334 g/mol. The molecule has 1 aliphatic heterocycles. The number of amides is 2. The van der Waals surface area contributed by atoms with Gasteiger partial charge in [-0.05, 0) is 51.0 Å². The van der Waals surface area contributed by atoms with E-state index in [4.69, 9.17) is 4.74 Å². The topological polar surface area (TPSA) is 68.2 Å². The van der Waals surface area contributed by atoms with Crippen LogP contribution in [0.1, 0.15) is 63.8 Å². The van der Waals surface area contributed by atoms with E-state index in [2.05, 4.69) is 15.7 Å². The van der Waals surface area contributed by atoms with Crippen molar-refractivity contribution in [3.8, 4) is 0 Å². The fraction of sp³-hybridized carbons (Fsp3) is 0.778. The van der Waals surface area contributed by atoms with Gasteiger partial charge in [0.05, 0.1) is 18.2 Å². The van der Waals surface area contributed by atoms with Crippen LogP contribution in [0.2, 0.25) is 0 Å². The molecule has 134 valence electrons. The van der Waals surface area contributed by atoms with E-state index in [0.717, 1.165) is 32.3 Å². The lowest BCUT2D eigenvalue weighted by Gasteiger charge is -2.32. The van der Waals surface area contributed by atoms with Gasteiger partial charge in [0.25, 0.3) is 0 Å². The van der Waals surface area contributed by atoms with E-state index >= 15 is 0 Å². The first-order valence-electron chi connectivity index (χ1n) is 9.48. The Morgan fingerprint density at radius 3 is 2.88 bits per heavy atom. The predicted octanol–water partition coefficient (Wildman–Crippen LogP) is 3.02. The van der Waals surface area contributed by atoms with Gasteiger partial charge in [-0.2, -0.15) is 5.10 Å². The highest BCUT2D eigenvalue weighted by Gasteiger charge is 2.28. The van der Waals surface area contributed by atoms with Gasteiger partial charge in [-0.1, -0.05) is 12.8 Å². The summed E-state index contributed by atoms with van der Waals surface area (Å²) in [4.78, 5) is 12.2. The Morgan fingerprint density at radius 1 is 1.21 bits per heavy atom. The van der Waals surface area contributed by atoms with Gasteiger partial charge in [0, 0.05) is 25.5 Å². The number of nitrogens with one attached hydrogen (secondary N) is 2. The molecule has 6 heteroatoms. The van der Waals surface area contributed by atoms with Gasteiger partial charge in [-0.25, -0.2) is 4.79 Å². The van der Waals surface area contributed by atoms with Gasteiger partial charge in [-0.15, -0.1) is 0 Å². The number of hydrogen-bond acceptors (Lipinski definition) is 3. The molecule has 0 aromatic carbocycles. The first kappa shape index (κ1) is 17.3. The number of rotatable bonds is 6. The fourth-order valence-corrected chi connectivity index (χ4v) is 3.86. The van der Waals surface area contributed by atoms with Crippen LogP contribution in [0.4, 0.5) is 4.79 Å². The van der Waals surface area contributed by atoms with Crippen molar-refractivity contribution in [3.05, 3.63) is 18.5 Å². The minimum Gasteiger partial charge on any atom is -0.378 e. The molecule has 0 radical (unpaired) electrons. The summed E-state index contributed by atoms with van der Waals surface area (Å²) >= 11 is 0. The Balaban J connectivity index is 1.37. The minimum absolute atomic E-state index is 0.0522. The van der Waals surface area contributed by atoms with Crippen LogP contribution in [-0.2, 0) is 4.74 Å². The van der Waals surface area contributed by atoms with Crippen LogP contribution in [0.3, 0.4) is 0 Å². The van der Waals surface area contributed by atoms with Crippen molar-refractivity contribution in [2.75, 3.05) is 13.2 Å². The number of hydrogen-bond donors (Lipinski definition) is 2. The van der Waals surface area contributed by atoms with Crippen molar-refractivity contribution in [1.82, 2.24) is 20.4 Å². The van der Waals surface area contributed by atoms with Crippen LogP contribution in [0, 0.1) is 0 Å². The van der Waals surface area contributed by atoms with E-state index in [-0.39, 0.29) is 18.1 Å². The number of carbonyl (C=O) groups excluding carboxylic acids is 1. The van der Waals surface area contributed by atoms with Gasteiger partial charge in [0.15, 0.2) is 0 Å². The zero-order valence-electron chi connectivity index (χ0n) is 14.5. The largest absolute Gasteiger partial charge is 0.378 e. The maximum atomic E-state index is 12.2. The molecule has 1 saturated carbocycles. The van der Waals surface area contributed by atoms with E-state index in [1.807, 2.05) is 16.9 Å². The molecule has 2 heterocycles. The molecule has 0 spiro atoms. The molecule has 24 heavy (non-hydrogen) atoms. The Bertz CT molecular complexity index is 485. The number of nitrogens with zero attached hydrogens (tertiary/aromatic N) is 2. The highest BCUT2D eigenvalue weighted by Crippen LogP contribution is 2.28. The Morgan fingerprint density at radius 2 is 2.08 bits per heavy atom. The summed E-state index contributed by atoms with van der Waals surface area (Å²) in [5.41, 5.74) is 0.